The Bertz CT molecular complexity index is 275. The summed E-state index contributed by atoms with van der Waals surface area (Å²) in [6.45, 7) is 5.02. The molecule has 0 bridgehead atoms. The number of halogens is 1. The molecule has 3 nitrogen and oxygen atoms in total. The fourth-order valence-electron chi connectivity index (χ4n) is 1.15. The van der Waals surface area contributed by atoms with Gasteiger partial charge in [-0.1, -0.05) is 6.92 Å². The minimum atomic E-state index is 0.161. The fourth-order valence-corrected chi connectivity index (χ4v) is 1.69. The molecule has 1 rings (SSSR count). The molecule has 1 heterocycles. The number of nitrogens with one attached hydrogen (secondary N) is 1. The standard InChI is InChI=1S/C10H16BrNO2/c1-7(6-13)5-12-8(2)10-9(11)3-4-14-10/h3-4,7-8,12-13H,5-6H2,1-2H3. The summed E-state index contributed by atoms with van der Waals surface area (Å²) in [4.78, 5) is 0. The summed E-state index contributed by atoms with van der Waals surface area (Å²) < 4.78 is 6.30. The molecular formula is C10H16BrNO2. The molecule has 0 aliphatic carbocycles. The monoisotopic (exact) mass is 261 g/mol. The minimum absolute atomic E-state index is 0.161. The zero-order valence-electron chi connectivity index (χ0n) is 8.46. The molecular weight excluding hydrogens is 246 g/mol. The van der Waals surface area contributed by atoms with Gasteiger partial charge in [-0.05, 0) is 34.8 Å². The lowest BCUT2D eigenvalue weighted by Gasteiger charge is -2.14. The topological polar surface area (TPSA) is 45.4 Å². The normalized spacial score (nSPS) is 15.4. The summed E-state index contributed by atoms with van der Waals surface area (Å²) in [7, 11) is 0. The number of rotatable bonds is 5. The van der Waals surface area contributed by atoms with Crippen molar-refractivity contribution in [3.63, 3.8) is 0 Å². The Morgan fingerprint density at radius 3 is 2.79 bits per heavy atom. The van der Waals surface area contributed by atoms with Gasteiger partial charge in [-0.25, -0.2) is 0 Å². The SMILES string of the molecule is CC(CO)CNC(C)c1occc1Br. The zero-order chi connectivity index (χ0) is 10.6. The van der Waals surface area contributed by atoms with Crippen LogP contribution in [0.1, 0.15) is 25.6 Å². The molecule has 0 amide bonds. The van der Waals surface area contributed by atoms with Crippen LogP contribution in [0.4, 0.5) is 0 Å². The highest BCUT2D eigenvalue weighted by Gasteiger charge is 2.12. The van der Waals surface area contributed by atoms with Crippen LogP contribution in [0.2, 0.25) is 0 Å². The summed E-state index contributed by atoms with van der Waals surface area (Å²) >= 11 is 3.41. The molecule has 0 spiro atoms. The Morgan fingerprint density at radius 2 is 2.29 bits per heavy atom. The van der Waals surface area contributed by atoms with Gasteiger partial charge in [0.1, 0.15) is 5.76 Å². The smallest absolute Gasteiger partial charge is 0.134 e. The molecule has 0 fully saturated rings. The van der Waals surface area contributed by atoms with E-state index >= 15 is 0 Å². The molecule has 80 valence electrons. The summed E-state index contributed by atoms with van der Waals surface area (Å²) in [6, 6.07) is 2.04. The van der Waals surface area contributed by atoms with Gasteiger partial charge in [-0.2, -0.15) is 0 Å². The maximum atomic E-state index is 8.86. The first-order valence-electron chi connectivity index (χ1n) is 4.72. The molecule has 0 aliphatic rings. The van der Waals surface area contributed by atoms with Gasteiger partial charge in [0.05, 0.1) is 16.8 Å². The number of aliphatic hydroxyl groups is 1. The molecule has 14 heavy (non-hydrogen) atoms. The number of hydrogen-bond donors (Lipinski definition) is 2. The van der Waals surface area contributed by atoms with Crippen LogP contribution in [0.5, 0.6) is 0 Å². The van der Waals surface area contributed by atoms with E-state index in [1.807, 2.05) is 19.9 Å². The van der Waals surface area contributed by atoms with Crippen LogP contribution in [0.25, 0.3) is 0 Å². The van der Waals surface area contributed by atoms with Crippen molar-refractivity contribution in [2.24, 2.45) is 5.92 Å². The van der Waals surface area contributed by atoms with E-state index in [0.717, 1.165) is 16.8 Å². The van der Waals surface area contributed by atoms with E-state index in [0.29, 0.717) is 0 Å². The van der Waals surface area contributed by atoms with Gasteiger partial charge in [-0.15, -0.1) is 0 Å². The average Bonchev–Trinajstić information content (AvgIpc) is 2.60. The molecule has 0 radical (unpaired) electrons. The Hall–Kier alpha value is -0.320. The van der Waals surface area contributed by atoms with Crippen LogP contribution >= 0.6 is 15.9 Å². The first kappa shape index (κ1) is 11.8. The van der Waals surface area contributed by atoms with Crippen molar-refractivity contribution < 1.29 is 9.52 Å². The van der Waals surface area contributed by atoms with Crippen LogP contribution in [0, 0.1) is 5.92 Å². The predicted molar refractivity (Wildman–Crippen MR) is 59.1 cm³/mol. The summed E-state index contributed by atoms with van der Waals surface area (Å²) in [5.74, 6) is 1.17. The molecule has 0 aliphatic heterocycles. The van der Waals surface area contributed by atoms with Crippen molar-refractivity contribution in [1.29, 1.82) is 0 Å². The Balaban J connectivity index is 2.43. The summed E-state index contributed by atoms with van der Waals surface area (Å²) in [5, 5.41) is 12.2. The quantitative estimate of drug-likeness (QED) is 0.856. The van der Waals surface area contributed by atoms with Crippen LogP contribution in [0.3, 0.4) is 0 Å². The van der Waals surface area contributed by atoms with Crippen molar-refractivity contribution in [2.75, 3.05) is 13.2 Å². The lowest BCUT2D eigenvalue weighted by atomic mass is 10.2. The first-order valence-corrected chi connectivity index (χ1v) is 5.51. The van der Waals surface area contributed by atoms with Crippen LogP contribution in [0.15, 0.2) is 21.2 Å². The third kappa shape index (κ3) is 3.12. The van der Waals surface area contributed by atoms with E-state index in [-0.39, 0.29) is 18.6 Å². The van der Waals surface area contributed by atoms with Crippen LogP contribution in [-0.2, 0) is 0 Å². The van der Waals surface area contributed by atoms with Gasteiger partial charge >= 0.3 is 0 Å². The van der Waals surface area contributed by atoms with Gasteiger partial charge < -0.3 is 14.8 Å². The van der Waals surface area contributed by atoms with E-state index in [1.165, 1.54) is 0 Å². The Kier molecular flexibility index (Phi) is 4.65. The first-order chi connectivity index (χ1) is 6.65. The van der Waals surface area contributed by atoms with Crippen molar-refractivity contribution in [2.45, 2.75) is 19.9 Å². The third-order valence-corrected chi connectivity index (χ3v) is 2.78. The highest BCUT2D eigenvalue weighted by atomic mass is 79.9. The largest absolute Gasteiger partial charge is 0.466 e. The van der Waals surface area contributed by atoms with E-state index in [2.05, 4.69) is 21.2 Å². The fraction of sp³-hybridized carbons (Fsp3) is 0.600. The molecule has 2 unspecified atom stereocenters. The lowest BCUT2D eigenvalue weighted by Crippen LogP contribution is -2.25. The van der Waals surface area contributed by atoms with Crippen molar-refractivity contribution in [3.05, 3.63) is 22.6 Å². The van der Waals surface area contributed by atoms with Crippen molar-refractivity contribution in [3.8, 4) is 0 Å². The second-order valence-corrected chi connectivity index (χ2v) is 4.40. The van der Waals surface area contributed by atoms with Gasteiger partial charge in [0, 0.05) is 13.2 Å². The molecule has 1 aromatic rings. The van der Waals surface area contributed by atoms with E-state index in [1.54, 1.807) is 6.26 Å². The Labute approximate surface area is 92.6 Å². The Morgan fingerprint density at radius 1 is 1.57 bits per heavy atom. The van der Waals surface area contributed by atoms with E-state index < -0.39 is 0 Å². The minimum Gasteiger partial charge on any atom is -0.466 e. The second-order valence-electron chi connectivity index (χ2n) is 3.55. The molecule has 0 saturated carbocycles. The average molecular weight is 262 g/mol. The third-order valence-electron chi connectivity index (χ3n) is 2.12. The molecule has 0 saturated heterocycles. The summed E-state index contributed by atoms with van der Waals surface area (Å²) in [5.41, 5.74) is 0. The molecule has 4 heteroatoms. The zero-order valence-corrected chi connectivity index (χ0v) is 10.0. The van der Waals surface area contributed by atoms with Crippen molar-refractivity contribution in [1.82, 2.24) is 5.32 Å². The summed E-state index contributed by atoms with van der Waals surface area (Å²) in [6.07, 6.45) is 1.66. The van der Waals surface area contributed by atoms with Gasteiger partial charge in [0.2, 0.25) is 0 Å². The number of hydrogen-bond acceptors (Lipinski definition) is 3. The van der Waals surface area contributed by atoms with Crippen LogP contribution in [-0.4, -0.2) is 18.3 Å². The maximum absolute atomic E-state index is 8.86. The van der Waals surface area contributed by atoms with Gasteiger partial charge in [-0.3, -0.25) is 0 Å². The lowest BCUT2D eigenvalue weighted by molar-refractivity contribution is 0.229. The number of aliphatic hydroxyl groups excluding tert-OH is 1. The van der Waals surface area contributed by atoms with Gasteiger partial charge in [0.15, 0.2) is 0 Å². The van der Waals surface area contributed by atoms with Crippen LogP contribution < -0.4 is 5.32 Å². The highest BCUT2D eigenvalue weighted by molar-refractivity contribution is 9.10. The molecule has 1 aromatic heterocycles. The van der Waals surface area contributed by atoms with Gasteiger partial charge in [0.25, 0.3) is 0 Å². The van der Waals surface area contributed by atoms with E-state index in [4.69, 9.17) is 9.52 Å². The highest BCUT2D eigenvalue weighted by Crippen LogP contribution is 2.24. The number of furan rings is 1. The molecule has 0 aromatic carbocycles. The molecule has 2 N–H and O–H groups in total. The van der Waals surface area contributed by atoms with Crippen molar-refractivity contribution >= 4 is 15.9 Å². The van der Waals surface area contributed by atoms with E-state index in [9.17, 15) is 0 Å². The maximum Gasteiger partial charge on any atom is 0.134 e. The second kappa shape index (κ2) is 5.53. The molecule has 2 atom stereocenters. The predicted octanol–water partition coefficient (Wildman–Crippen LogP) is 2.32.